The molecule has 0 radical (unpaired) electrons. The highest BCUT2D eigenvalue weighted by Gasteiger charge is 2.37. The maximum Gasteiger partial charge on any atom is 0.269 e. The number of nitro groups is 1. The van der Waals surface area contributed by atoms with Crippen molar-refractivity contribution in [2.45, 2.75) is 63.5 Å². The lowest BCUT2D eigenvalue weighted by atomic mass is 9.63. The summed E-state index contributed by atoms with van der Waals surface area (Å²) in [7, 11) is 0. The number of carbonyl (C=O) groups excluding carboxylic acids is 2. The van der Waals surface area contributed by atoms with Crippen molar-refractivity contribution in [1.29, 1.82) is 0 Å². The molecule has 4 N–H and O–H groups in total. The summed E-state index contributed by atoms with van der Waals surface area (Å²) in [6.45, 7) is 8.33. The summed E-state index contributed by atoms with van der Waals surface area (Å²) in [5, 5.41) is 36.7. The molecule has 0 heterocycles. The van der Waals surface area contributed by atoms with Crippen molar-refractivity contribution in [3.05, 3.63) is 105 Å². The van der Waals surface area contributed by atoms with Crippen molar-refractivity contribution >= 4 is 23.2 Å². The van der Waals surface area contributed by atoms with Crippen LogP contribution in [0, 0.1) is 10.1 Å². The second-order valence-corrected chi connectivity index (χ2v) is 11.6. The highest BCUT2D eigenvalue weighted by molar-refractivity contribution is 6.05. The Morgan fingerprint density at radius 2 is 1.45 bits per heavy atom. The summed E-state index contributed by atoms with van der Waals surface area (Å²) in [6.07, 6.45) is 0.859. The van der Waals surface area contributed by atoms with Crippen molar-refractivity contribution < 1.29 is 24.7 Å². The Balaban J connectivity index is 1.42. The third-order valence-corrected chi connectivity index (χ3v) is 7.86. The number of nitro benzene ring substituents is 1. The lowest BCUT2D eigenvalue weighted by Gasteiger charge is -2.42. The maximum atomic E-state index is 13.1. The minimum Gasteiger partial charge on any atom is -0.394 e. The van der Waals surface area contributed by atoms with Gasteiger partial charge in [0, 0.05) is 28.9 Å². The molecule has 0 aliphatic heterocycles. The van der Waals surface area contributed by atoms with Gasteiger partial charge in [0.25, 0.3) is 17.5 Å². The van der Waals surface area contributed by atoms with Crippen LogP contribution in [0.2, 0.25) is 0 Å². The van der Waals surface area contributed by atoms with E-state index in [9.17, 15) is 29.9 Å². The molecule has 0 spiro atoms. The van der Waals surface area contributed by atoms with E-state index in [0.29, 0.717) is 16.8 Å². The van der Waals surface area contributed by atoms with Gasteiger partial charge >= 0.3 is 0 Å². The Morgan fingerprint density at radius 3 is 2.02 bits per heavy atom. The number of nitrogens with one attached hydrogen (secondary N) is 2. The Morgan fingerprint density at radius 1 is 0.875 bits per heavy atom. The molecule has 2 atom stereocenters. The number of hydrogen-bond donors (Lipinski definition) is 4. The van der Waals surface area contributed by atoms with E-state index in [1.54, 1.807) is 12.1 Å². The zero-order valence-corrected chi connectivity index (χ0v) is 23.1. The SMILES string of the molecule is CC1(C)CCC(C)(C)c2cc(C(=O)Nc3ccc(C(=O)N[C@@H](CO)[C@@H](O)c4ccc([N+](=O)[O-])cc4)cc3)ccc21. The van der Waals surface area contributed by atoms with Crippen LogP contribution in [-0.2, 0) is 10.8 Å². The topological polar surface area (TPSA) is 142 Å². The monoisotopic (exact) mass is 545 g/mol. The molecule has 3 aromatic rings. The molecular formula is C31H35N3O6. The first kappa shape index (κ1) is 28.9. The van der Waals surface area contributed by atoms with Gasteiger partial charge in [-0.05, 0) is 88.9 Å². The quantitative estimate of drug-likeness (QED) is 0.231. The van der Waals surface area contributed by atoms with E-state index in [1.807, 2.05) is 12.1 Å². The van der Waals surface area contributed by atoms with Crippen LogP contribution in [0.1, 0.15) is 84.0 Å². The van der Waals surface area contributed by atoms with Crippen LogP contribution in [-0.4, -0.2) is 39.6 Å². The molecule has 0 aromatic heterocycles. The first-order chi connectivity index (χ1) is 18.8. The van der Waals surface area contributed by atoms with Crippen LogP contribution in [0.15, 0.2) is 66.7 Å². The van der Waals surface area contributed by atoms with Gasteiger partial charge in [0.2, 0.25) is 0 Å². The largest absolute Gasteiger partial charge is 0.394 e. The number of anilines is 1. The fourth-order valence-corrected chi connectivity index (χ4v) is 5.14. The van der Waals surface area contributed by atoms with Crippen molar-refractivity contribution in [1.82, 2.24) is 5.32 Å². The van der Waals surface area contributed by atoms with Gasteiger partial charge in [-0.2, -0.15) is 0 Å². The summed E-state index contributed by atoms with van der Waals surface area (Å²) in [5.41, 5.74) is 4.04. The number of aliphatic hydroxyl groups is 2. The van der Waals surface area contributed by atoms with Crippen LogP contribution < -0.4 is 10.6 Å². The van der Waals surface area contributed by atoms with Gasteiger partial charge < -0.3 is 20.8 Å². The number of carbonyl (C=O) groups is 2. The fourth-order valence-electron chi connectivity index (χ4n) is 5.14. The van der Waals surface area contributed by atoms with Gasteiger partial charge in [0.1, 0.15) is 6.10 Å². The molecule has 1 aliphatic rings. The third kappa shape index (κ3) is 6.05. The van der Waals surface area contributed by atoms with Crippen LogP contribution in [0.25, 0.3) is 0 Å². The summed E-state index contributed by atoms with van der Waals surface area (Å²) in [6, 6.07) is 16.4. The van der Waals surface area contributed by atoms with E-state index in [0.717, 1.165) is 12.8 Å². The van der Waals surface area contributed by atoms with E-state index in [-0.39, 0.29) is 28.0 Å². The van der Waals surface area contributed by atoms with E-state index in [4.69, 9.17) is 0 Å². The van der Waals surface area contributed by atoms with Crippen molar-refractivity contribution in [2.75, 3.05) is 11.9 Å². The Hall–Kier alpha value is -4.08. The number of aliphatic hydroxyl groups excluding tert-OH is 2. The molecule has 0 unspecified atom stereocenters. The number of benzene rings is 3. The van der Waals surface area contributed by atoms with Crippen LogP contribution in [0.5, 0.6) is 0 Å². The number of fused-ring (bicyclic) bond motifs is 1. The molecule has 0 saturated heterocycles. The number of amides is 2. The van der Waals surface area contributed by atoms with Crippen LogP contribution in [0.4, 0.5) is 11.4 Å². The highest BCUT2D eigenvalue weighted by Crippen LogP contribution is 2.45. The predicted octanol–water partition coefficient (Wildman–Crippen LogP) is 5.02. The van der Waals surface area contributed by atoms with Gasteiger partial charge in [0.15, 0.2) is 0 Å². The first-order valence-corrected chi connectivity index (χ1v) is 13.2. The lowest BCUT2D eigenvalue weighted by Crippen LogP contribution is -2.41. The molecule has 0 fully saturated rings. The Kier molecular flexibility index (Phi) is 8.09. The second kappa shape index (κ2) is 11.2. The zero-order chi connectivity index (χ0) is 29.2. The second-order valence-electron chi connectivity index (χ2n) is 11.6. The van der Waals surface area contributed by atoms with Crippen molar-refractivity contribution in [2.24, 2.45) is 0 Å². The molecule has 4 rings (SSSR count). The molecule has 3 aromatic carbocycles. The third-order valence-electron chi connectivity index (χ3n) is 7.86. The molecule has 210 valence electrons. The maximum absolute atomic E-state index is 13.1. The molecule has 2 amide bonds. The summed E-state index contributed by atoms with van der Waals surface area (Å²) in [5.74, 6) is -0.775. The lowest BCUT2D eigenvalue weighted by molar-refractivity contribution is -0.384. The molecule has 40 heavy (non-hydrogen) atoms. The fraction of sp³-hybridized carbons (Fsp3) is 0.355. The van der Waals surface area contributed by atoms with Gasteiger partial charge in [-0.25, -0.2) is 0 Å². The average molecular weight is 546 g/mol. The van der Waals surface area contributed by atoms with E-state index >= 15 is 0 Å². The minimum atomic E-state index is -1.28. The van der Waals surface area contributed by atoms with Crippen LogP contribution in [0.3, 0.4) is 0 Å². The standard InChI is InChI=1S/C31H35N3O6/c1-30(2)15-16-31(3,4)25-17-21(9-14-24(25)30)29(38)32-22-10-5-20(6-11-22)28(37)33-26(18-35)27(36)19-7-12-23(13-8-19)34(39)40/h5-14,17,26-27,35-36H,15-16,18H2,1-4H3,(H,32,38)(H,33,37)/t26-,27-/m0/s1. The summed E-state index contributed by atoms with van der Waals surface area (Å²) < 4.78 is 0. The van der Waals surface area contributed by atoms with Gasteiger partial charge in [-0.3, -0.25) is 19.7 Å². The normalized spacial score (nSPS) is 16.8. The minimum absolute atomic E-state index is 0.0192. The molecule has 9 nitrogen and oxygen atoms in total. The molecule has 1 aliphatic carbocycles. The number of nitrogens with zero attached hydrogens (tertiary/aromatic N) is 1. The summed E-state index contributed by atoms with van der Waals surface area (Å²) in [4.78, 5) is 36.1. The number of rotatable bonds is 8. The Labute approximate surface area is 233 Å². The number of hydrogen-bond acceptors (Lipinski definition) is 6. The molecular weight excluding hydrogens is 510 g/mol. The van der Waals surface area contributed by atoms with Crippen LogP contribution >= 0.6 is 0 Å². The number of non-ortho nitro benzene ring substituents is 1. The van der Waals surface area contributed by atoms with Gasteiger partial charge in [-0.15, -0.1) is 0 Å². The van der Waals surface area contributed by atoms with Crippen molar-refractivity contribution in [3.63, 3.8) is 0 Å². The first-order valence-electron chi connectivity index (χ1n) is 13.2. The summed E-state index contributed by atoms with van der Waals surface area (Å²) >= 11 is 0. The average Bonchev–Trinajstić information content (AvgIpc) is 2.94. The van der Waals surface area contributed by atoms with Gasteiger partial charge in [0.05, 0.1) is 17.6 Å². The molecule has 9 heteroatoms. The van der Waals surface area contributed by atoms with Crippen molar-refractivity contribution in [3.8, 4) is 0 Å². The zero-order valence-electron chi connectivity index (χ0n) is 23.1. The smallest absolute Gasteiger partial charge is 0.269 e. The Bertz CT molecular complexity index is 1410. The highest BCUT2D eigenvalue weighted by atomic mass is 16.6. The van der Waals surface area contributed by atoms with E-state index < -0.39 is 29.6 Å². The molecule has 0 saturated carbocycles. The predicted molar refractivity (Wildman–Crippen MR) is 153 cm³/mol. The molecule has 0 bridgehead atoms. The van der Waals surface area contributed by atoms with E-state index in [2.05, 4.69) is 44.4 Å². The van der Waals surface area contributed by atoms with Gasteiger partial charge in [-0.1, -0.05) is 33.8 Å². The van der Waals surface area contributed by atoms with E-state index in [1.165, 1.54) is 47.5 Å².